The highest BCUT2D eigenvalue weighted by Gasteiger charge is 2.27. The predicted octanol–water partition coefficient (Wildman–Crippen LogP) is 3.96. The molecule has 0 aromatic heterocycles. The Morgan fingerprint density at radius 1 is 1.28 bits per heavy atom. The smallest absolute Gasteiger partial charge is 0.0441 e. The molecular formula is C14H20Cl2N2. The van der Waals surface area contributed by atoms with Crippen molar-refractivity contribution >= 4 is 28.9 Å². The normalized spacial score (nSPS) is 25.0. The molecule has 4 heteroatoms. The lowest BCUT2D eigenvalue weighted by molar-refractivity contribution is 0.366. The van der Waals surface area contributed by atoms with Crippen LogP contribution >= 0.6 is 23.2 Å². The van der Waals surface area contributed by atoms with Crippen LogP contribution in [0.4, 0.5) is 5.69 Å². The van der Waals surface area contributed by atoms with Crippen molar-refractivity contribution < 1.29 is 0 Å². The van der Waals surface area contributed by atoms with Gasteiger partial charge in [0.2, 0.25) is 0 Å². The molecule has 1 aliphatic rings. The maximum atomic E-state index is 6.09. The van der Waals surface area contributed by atoms with Gasteiger partial charge in [0.1, 0.15) is 0 Å². The quantitative estimate of drug-likeness (QED) is 0.885. The zero-order chi connectivity index (χ0) is 13.2. The summed E-state index contributed by atoms with van der Waals surface area (Å²) in [7, 11) is 0. The van der Waals surface area contributed by atoms with Crippen LogP contribution in [-0.2, 0) is 0 Å². The Bertz CT molecular complexity index is 402. The van der Waals surface area contributed by atoms with E-state index in [-0.39, 0.29) is 5.54 Å². The van der Waals surface area contributed by atoms with Gasteiger partial charge in [-0.05, 0) is 44.5 Å². The van der Waals surface area contributed by atoms with Crippen molar-refractivity contribution in [2.45, 2.75) is 32.2 Å². The van der Waals surface area contributed by atoms with Crippen molar-refractivity contribution in [3.63, 3.8) is 0 Å². The molecule has 1 fully saturated rings. The summed E-state index contributed by atoms with van der Waals surface area (Å²) in [6, 6.07) is 5.77. The van der Waals surface area contributed by atoms with E-state index < -0.39 is 0 Å². The highest BCUT2D eigenvalue weighted by atomic mass is 35.5. The van der Waals surface area contributed by atoms with Gasteiger partial charge in [0, 0.05) is 34.4 Å². The van der Waals surface area contributed by atoms with E-state index in [0.29, 0.717) is 10.0 Å². The van der Waals surface area contributed by atoms with Crippen LogP contribution in [-0.4, -0.2) is 25.2 Å². The molecule has 1 aliphatic heterocycles. The first-order chi connectivity index (χ1) is 8.52. The van der Waals surface area contributed by atoms with Crippen LogP contribution in [0.1, 0.15) is 26.7 Å². The van der Waals surface area contributed by atoms with Gasteiger partial charge in [0.25, 0.3) is 0 Å². The summed E-state index contributed by atoms with van der Waals surface area (Å²) in [6.07, 6.45) is 2.25. The first-order valence-electron chi connectivity index (χ1n) is 6.48. The van der Waals surface area contributed by atoms with Crippen LogP contribution in [0, 0.1) is 0 Å². The van der Waals surface area contributed by atoms with E-state index in [0.717, 1.165) is 38.2 Å². The molecule has 0 spiro atoms. The first-order valence-corrected chi connectivity index (χ1v) is 7.24. The van der Waals surface area contributed by atoms with Gasteiger partial charge in [-0.15, -0.1) is 0 Å². The molecule has 0 aliphatic carbocycles. The van der Waals surface area contributed by atoms with Gasteiger partial charge < -0.3 is 10.2 Å². The van der Waals surface area contributed by atoms with Gasteiger partial charge in [0.05, 0.1) is 0 Å². The molecule has 2 nitrogen and oxygen atoms in total. The van der Waals surface area contributed by atoms with Crippen molar-refractivity contribution in [3.05, 3.63) is 28.2 Å². The van der Waals surface area contributed by atoms with Crippen molar-refractivity contribution in [1.29, 1.82) is 0 Å². The SMILES string of the molecule is CCC1(C)CN(c2cc(Cl)cc(Cl)c2)CCCN1. The fraction of sp³-hybridized carbons (Fsp3) is 0.571. The molecule has 1 N–H and O–H groups in total. The second-order valence-electron chi connectivity index (χ2n) is 5.24. The molecule has 100 valence electrons. The third kappa shape index (κ3) is 3.31. The van der Waals surface area contributed by atoms with Crippen LogP contribution in [0.3, 0.4) is 0 Å². The number of hydrogen-bond acceptors (Lipinski definition) is 2. The van der Waals surface area contributed by atoms with Crippen LogP contribution in [0.5, 0.6) is 0 Å². The lowest BCUT2D eigenvalue weighted by Crippen LogP contribution is -2.48. The van der Waals surface area contributed by atoms with Crippen LogP contribution in [0.2, 0.25) is 10.0 Å². The Hall–Kier alpha value is -0.440. The summed E-state index contributed by atoms with van der Waals surface area (Å²) >= 11 is 12.2. The van der Waals surface area contributed by atoms with Crippen LogP contribution in [0.25, 0.3) is 0 Å². The van der Waals surface area contributed by atoms with Gasteiger partial charge in [-0.25, -0.2) is 0 Å². The highest BCUT2D eigenvalue weighted by Crippen LogP contribution is 2.28. The minimum absolute atomic E-state index is 0.158. The molecule has 18 heavy (non-hydrogen) atoms. The molecule has 1 unspecified atom stereocenters. The molecule has 0 radical (unpaired) electrons. The van der Waals surface area contributed by atoms with E-state index in [4.69, 9.17) is 23.2 Å². The third-order valence-corrected chi connectivity index (χ3v) is 4.13. The number of nitrogens with one attached hydrogen (secondary N) is 1. The summed E-state index contributed by atoms with van der Waals surface area (Å²) in [5.74, 6) is 0. The summed E-state index contributed by atoms with van der Waals surface area (Å²) in [5.41, 5.74) is 1.28. The van der Waals surface area contributed by atoms with Crippen LogP contribution in [0.15, 0.2) is 18.2 Å². The van der Waals surface area contributed by atoms with Crippen molar-refractivity contribution in [2.75, 3.05) is 24.5 Å². The Kier molecular flexibility index (Phi) is 4.41. The minimum Gasteiger partial charge on any atom is -0.370 e. The predicted molar refractivity (Wildman–Crippen MR) is 80.0 cm³/mol. The standard InChI is InChI=1S/C14H20Cl2N2/c1-3-14(2)10-18(6-4-5-17-14)13-8-11(15)7-12(16)9-13/h7-9,17H,3-6,10H2,1-2H3. The molecular weight excluding hydrogens is 267 g/mol. The number of halogens is 2. The van der Waals surface area contributed by atoms with E-state index in [1.54, 1.807) is 6.07 Å². The van der Waals surface area contributed by atoms with E-state index in [9.17, 15) is 0 Å². The number of hydrogen-bond donors (Lipinski definition) is 1. The molecule has 1 atom stereocenters. The molecule has 2 rings (SSSR count). The lowest BCUT2D eigenvalue weighted by atomic mass is 9.98. The van der Waals surface area contributed by atoms with Crippen LogP contribution < -0.4 is 10.2 Å². The van der Waals surface area contributed by atoms with Crippen molar-refractivity contribution in [3.8, 4) is 0 Å². The molecule has 1 heterocycles. The lowest BCUT2D eigenvalue weighted by Gasteiger charge is -2.34. The molecule has 1 aromatic rings. The molecule has 1 saturated heterocycles. The summed E-state index contributed by atoms with van der Waals surface area (Å²) in [5, 5.41) is 5.03. The Labute approximate surface area is 119 Å². The van der Waals surface area contributed by atoms with Crippen molar-refractivity contribution in [1.82, 2.24) is 5.32 Å². The average molecular weight is 287 g/mol. The van der Waals surface area contributed by atoms with Gasteiger partial charge in [-0.3, -0.25) is 0 Å². The Morgan fingerprint density at radius 3 is 2.56 bits per heavy atom. The fourth-order valence-electron chi connectivity index (χ4n) is 2.40. The van der Waals surface area contributed by atoms with E-state index in [1.807, 2.05) is 12.1 Å². The second kappa shape index (κ2) is 5.68. The van der Waals surface area contributed by atoms with E-state index >= 15 is 0 Å². The molecule has 0 amide bonds. The minimum atomic E-state index is 0.158. The molecule has 0 saturated carbocycles. The zero-order valence-corrected chi connectivity index (χ0v) is 12.5. The number of anilines is 1. The second-order valence-corrected chi connectivity index (χ2v) is 6.12. The number of nitrogens with zero attached hydrogens (tertiary/aromatic N) is 1. The third-order valence-electron chi connectivity index (χ3n) is 3.69. The summed E-state index contributed by atoms with van der Waals surface area (Å²) < 4.78 is 0. The van der Waals surface area contributed by atoms with Gasteiger partial charge in [0.15, 0.2) is 0 Å². The van der Waals surface area contributed by atoms with Gasteiger partial charge in [-0.2, -0.15) is 0 Å². The van der Waals surface area contributed by atoms with E-state index in [2.05, 4.69) is 24.1 Å². The highest BCUT2D eigenvalue weighted by molar-refractivity contribution is 6.35. The molecule has 0 bridgehead atoms. The number of benzene rings is 1. The Morgan fingerprint density at radius 2 is 1.94 bits per heavy atom. The van der Waals surface area contributed by atoms with Crippen molar-refractivity contribution in [2.24, 2.45) is 0 Å². The largest absolute Gasteiger partial charge is 0.370 e. The van der Waals surface area contributed by atoms with Gasteiger partial charge >= 0.3 is 0 Å². The maximum Gasteiger partial charge on any atom is 0.0441 e. The number of rotatable bonds is 2. The Balaban J connectivity index is 2.25. The first kappa shape index (κ1) is 14.0. The van der Waals surface area contributed by atoms with Gasteiger partial charge in [-0.1, -0.05) is 30.1 Å². The topological polar surface area (TPSA) is 15.3 Å². The summed E-state index contributed by atoms with van der Waals surface area (Å²) in [4.78, 5) is 2.38. The fourth-order valence-corrected chi connectivity index (χ4v) is 2.91. The summed E-state index contributed by atoms with van der Waals surface area (Å²) in [6.45, 7) is 7.59. The zero-order valence-electron chi connectivity index (χ0n) is 11.0. The van der Waals surface area contributed by atoms with E-state index in [1.165, 1.54) is 0 Å². The maximum absolute atomic E-state index is 6.09. The monoisotopic (exact) mass is 286 g/mol. The average Bonchev–Trinajstić information content (AvgIpc) is 2.51. The molecule has 1 aromatic carbocycles.